The molecule has 7 heteroatoms. The molecule has 2 rings (SSSR count). The highest BCUT2D eigenvalue weighted by molar-refractivity contribution is 9.10. The van der Waals surface area contributed by atoms with Gasteiger partial charge in [0.15, 0.2) is 0 Å². The van der Waals surface area contributed by atoms with Crippen molar-refractivity contribution in [2.75, 3.05) is 17.2 Å². The molecule has 1 amide bonds. The van der Waals surface area contributed by atoms with Crippen LogP contribution in [0.5, 0.6) is 0 Å². The fraction of sp³-hybridized carbons (Fsp3) is 0.133. The predicted octanol–water partition coefficient (Wildman–Crippen LogP) is 4.81. The molecule has 0 aliphatic carbocycles. The van der Waals surface area contributed by atoms with Gasteiger partial charge >= 0.3 is 0 Å². The van der Waals surface area contributed by atoms with Gasteiger partial charge in [0.05, 0.1) is 12.2 Å². The van der Waals surface area contributed by atoms with E-state index in [1.54, 1.807) is 24.3 Å². The maximum atomic E-state index is 12.5. The van der Waals surface area contributed by atoms with E-state index in [1.165, 1.54) is 0 Å². The zero-order valence-electron chi connectivity index (χ0n) is 11.4. The molecule has 0 atom stereocenters. The van der Waals surface area contributed by atoms with Crippen molar-refractivity contribution in [3.8, 4) is 0 Å². The Kier molecular flexibility index (Phi) is 6.21. The Labute approximate surface area is 139 Å². The van der Waals surface area contributed by atoms with Crippen molar-refractivity contribution in [3.05, 3.63) is 53.0 Å². The summed E-state index contributed by atoms with van der Waals surface area (Å²) >= 11 is 3.78. The first kappa shape index (κ1) is 16.8. The molecule has 0 unspecified atom stereocenters. The van der Waals surface area contributed by atoms with Gasteiger partial charge in [-0.1, -0.05) is 36.0 Å². The Balaban J connectivity index is 1.96. The minimum Gasteiger partial charge on any atom is -0.375 e. The van der Waals surface area contributed by atoms with Crippen LogP contribution in [0.4, 0.5) is 20.2 Å². The topological polar surface area (TPSA) is 41.1 Å². The largest absolute Gasteiger partial charge is 0.375 e. The van der Waals surface area contributed by atoms with Crippen LogP contribution >= 0.6 is 27.7 Å². The number of benzene rings is 2. The Morgan fingerprint density at radius 1 is 1.09 bits per heavy atom. The SMILES string of the molecule is O=C(CNc1ccccc1Br)Nc1ccccc1SC(F)F. The molecule has 0 saturated heterocycles. The van der Waals surface area contributed by atoms with Crippen molar-refractivity contribution in [2.45, 2.75) is 10.7 Å². The first-order valence-electron chi connectivity index (χ1n) is 6.38. The standard InChI is InChI=1S/C15H13BrF2N2OS/c16-10-5-1-2-6-11(10)19-9-14(21)20-12-7-3-4-8-13(12)22-15(17)18/h1-8,15,19H,9H2,(H,20,21). The number of para-hydroxylation sites is 2. The van der Waals surface area contributed by atoms with E-state index in [0.29, 0.717) is 22.3 Å². The van der Waals surface area contributed by atoms with Crippen LogP contribution in [0.25, 0.3) is 0 Å². The van der Waals surface area contributed by atoms with E-state index in [-0.39, 0.29) is 12.5 Å². The van der Waals surface area contributed by atoms with Gasteiger partial charge in [0.25, 0.3) is 5.76 Å². The van der Waals surface area contributed by atoms with Gasteiger partial charge in [-0.25, -0.2) is 0 Å². The molecule has 0 heterocycles. The van der Waals surface area contributed by atoms with Crippen molar-refractivity contribution in [1.29, 1.82) is 0 Å². The molecule has 0 aromatic heterocycles. The fourth-order valence-electron chi connectivity index (χ4n) is 1.74. The average Bonchev–Trinajstić information content (AvgIpc) is 2.48. The second kappa shape index (κ2) is 8.14. The third-order valence-electron chi connectivity index (χ3n) is 2.69. The molecule has 2 aromatic carbocycles. The van der Waals surface area contributed by atoms with Crippen LogP contribution in [0.1, 0.15) is 0 Å². The number of hydrogen-bond acceptors (Lipinski definition) is 3. The molecule has 2 N–H and O–H groups in total. The smallest absolute Gasteiger partial charge is 0.288 e. The van der Waals surface area contributed by atoms with Crippen molar-refractivity contribution >= 4 is 45.0 Å². The molecular formula is C15H13BrF2N2OS. The van der Waals surface area contributed by atoms with Crippen LogP contribution in [0.2, 0.25) is 0 Å². The highest BCUT2D eigenvalue weighted by atomic mass is 79.9. The van der Waals surface area contributed by atoms with E-state index in [4.69, 9.17) is 0 Å². The zero-order valence-corrected chi connectivity index (χ0v) is 13.8. The molecule has 116 valence electrons. The second-order valence-electron chi connectivity index (χ2n) is 4.26. The van der Waals surface area contributed by atoms with Crippen LogP contribution in [0, 0.1) is 0 Å². The van der Waals surface area contributed by atoms with Crippen LogP contribution in [0.15, 0.2) is 57.9 Å². The normalized spacial score (nSPS) is 10.5. The van der Waals surface area contributed by atoms with Crippen molar-refractivity contribution in [1.82, 2.24) is 0 Å². The van der Waals surface area contributed by atoms with Crippen molar-refractivity contribution < 1.29 is 13.6 Å². The molecule has 0 bridgehead atoms. The predicted molar refractivity (Wildman–Crippen MR) is 89.6 cm³/mol. The lowest BCUT2D eigenvalue weighted by Gasteiger charge is -2.12. The maximum absolute atomic E-state index is 12.5. The van der Waals surface area contributed by atoms with E-state index >= 15 is 0 Å². The van der Waals surface area contributed by atoms with Gasteiger partial charge in [0, 0.05) is 15.1 Å². The van der Waals surface area contributed by atoms with Gasteiger partial charge in [-0.2, -0.15) is 8.78 Å². The number of alkyl halides is 2. The van der Waals surface area contributed by atoms with Gasteiger partial charge in [-0.15, -0.1) is 0 Å². The Hall–Kier alpha value is -1.60. The van der Waals surface area contributed by atoms with E-state index in [9.17, 15) is 13.6 Å². The molecule has 0 aliphatic heterocycles. The number of rotatable bonds is 6. The van der Waals surface area contributed by atoms with Gasteiger partial charge in [0.2, 0.25) is 5.91 Å². The van der Waals surface area contributed by atoms with Gasteiger partial charge in [0.1, 0.15) is 0 Å². The number of carbonyl (C=O) groups excluding carboxylic acids is 1. The lowest BCUT2D eigenvalue weighted by Crippen LogP contribution is -2.22. The Bertz CT molecular complexity index is 655. The minimum absolute atomic E-state index is 0.0380. The van der Waals surface area contributed by atoms with Gasteiger partial charge < -0.3 is 10.6 Å². The molecular weight excluding hydrogens is 374 g/mol. The zero-order chi connectivity index (χ0) is 15.9. The highest BCUT2D eigenvalue weighted by Crippen LogP contribution is 2.31. The summed E-state index contributed by atoms with van der Waals surface area (Å²) in [5, 5.41) is 5.61. The summed E-state index contributed by atoms with van der Waals surface area (Å²) in [6, 6.07) is 13.9. The van der Waals surface area contributed by atoms with E-state index in [0.717, 1.165) is 10.2 Å². The molecule has 2 aromatic rings. The Morgan fingerprint density at radius 2 is 1.73 bits per heavy atom. The monoisotopic (exact) mass is 386 g/mol. The average molecular weight is 387 g/mol. The summed E-state index contributed by atoms with van der Waals surface area (Å²) in [5.74, 6) is -2.84. The van der Waals surface area contributed by atoms with E-state index in [2.05, 4.69) is 26.6 Å². The molecule has 0 radical (unpaired) electrons. The number of carbonyl (C=O) groups is 1. The van der Waals surface area contributed by atoms with Crippen LogP contribution in [0.3, 0.4) is 0 Å². The Morgan fingerprint density at radius 3 is 2.41 bits per heavy atom. The fourth-order valence-corrected chi connectivity index (χ4v) is 2.76. The number of hydrogen-bond donors (Lipinski definition) is 2. The first-order valence-corrected chi connectivity index (χ1v) is 8.05. The lowest BCUT2D eigenvalue weighted by atomic mass is 10.3. The molecule has 0 saturated carbocycles. The summed E-state index contributed by atoms with van der Waals surface area (Å²) in [6.45, 7) is 0.0380. The lowest BCUT2D eigenvalue weighted by molar-refractivity contribution is -0.114. The van der Waals surface area contributed by atoms with Crippen molar-refractivity contribution in [2.24, 2.45) is 0 Å². The quantitative estimate of drug-likeness (QED) is 0.699. The van der Waals surface area contributed by atoms with Gasteiger partial charge in [-0.3, -0.25) is 4.79 Å². The number of anilines is 2. The van der Waals surface area contributed by atoms with Gasteiger partial charge in [-0.05, 0) is 40.2 Å². The third kappa shape index (κ3) is 4.99. The maximum Gasteiger partial charge on any atom is 0.288 e. The molecule has 3 nitrogen and oxygen atoms in total. The van der Waals surface area contributed by atoms with Crippen LogP contribution < -0.4 is 10.6 Å². The summed E-state index contributed by atoms with van der Waals surface area (Å²) in [4.78, 5) is 12.3. The summed E-state index contributed by atoms with van der Waals surface area (Å²) in [5.41, 5.74) is 1.17. The number of nitrogens with one attached hydrogen (secondary N) is 2. The molecule has 0 fully saturated rings. The number of thioether (sulfide) groups is 1. The van der Waals surface area contributed by atoms with E-state index < -0.39 is 5.76 Å². The van der Waals surface area contributed by atoms with Crippen LogP contribution in [-0.2, 0) is 4.79 Å². The number of amides is 1. The third-order valence-corrected chi connectivity index (χ3v) is 4.17. The number of halogens is 3. The highest BCUT2D eigenvalue weighted by Gasteiger charge is 2.11. The molecule has 0 spiro atoms. The second-order valence-corrected chi connectivity index (χ2v) is 6.14. The van der Waals surface area contributed by atoms with Crippen LogP contribution in [-0.4, -0.2) is 18.2 Å². The first-order chi connectivity index (χ1) is 10.6. The molecule has 22 heavy (non-hydrogen) atoms. The minimum atomic E-state index is -2.53. The van der Waals surface area contributed by atoms with E-state index in [1.807, 2.05) is 24.3 Å². The summed E-state index contributed by atoms with van der Waals surface area (Å²) in [7, 11) is 0. The van der Waals surface area contributed by atoms with Crippen molar-refractivity contribution in [3.63, 3.8) is 0 Å². The summed E-state index contributed by atoms with van der Waals surface area (Å²) < 4.78 is 25.8. The molecule has 0 aliphatic rings. The summed E-state index contributed by atoms with van der Waals surface area (Å²) in [6.07, 6.45) is 0.